The van der Waals surface area contributed by atoms with Gasteiger partial charge in [0, 0.05) is 44.2 Å². The molecule has 6 nitrogen and oxygen atoms in total. The molecule has 156 valence electrons. The molecule has 2 aromatic rings. The van der Waals surface area contributed by atoms with Gasteiger partial charge in [-0.2, -0.15) is 0 Å². The van der Waals surface area contributed by atoms with Gasteiger partial charge in [0.2, 0.25) is 0 Å². The maximum atomic E-state index is 12.3. The van der Waals surface area contributed by atoms with Crippen LogP contribution in [0.4, 0.5) is 4.79 Å². The van der Waals surface area contributed by atoms with E-state index in [4.69, 9.17) is 9.15 Å². The fourth-order valence-electron chi connectivity index (χ4n) is 4.31. The van der Waals surface area contributed by atoms with Crippen LogP contribution in [-0.4, -0.2) is 48.7 Å². The molecule has 2 aliphatic rings. The zero-order valence-electron chi connectivity index (χ0n) is 17.4. The van der Waals surface area contributed by atoms with E-state index in [0.29, 0.717) is 37.7 Å². The lowest BCUT2D eigenvalue weighted by molar-refractivity contribution is 0.0930. The molecule has 0 N–H and O–H groups in total. The van der Waals surface area contributed by atoms with E-state index in [0.717, 1.165) is 43.3 Å². The third-order valence-corrected chi connectivity index (χ3v) is 5.82. The minimum absolute atomic E-state index is 0.220. The quantitative estimate of drug-likeness (QED) is 0.737. The fourth-order valence-corrected chi connectivity index (χ4v) is 4.31. The third kappa shape index (κ3) is 4.64. The second-order valence-corrected chi connectivity index (χ2v) is 8.65. The maximum absolute atomic E-state index is 12.3. The van der Waals surface area contributed by atoms with Crippen LogP contribution in [0.15, 0.2) is 27.4 Å². The topological polar surface area (TPSA) is 63.0 Å². The van der Waals surface area contributed by atoms with Crippen LogP contribution in [0.5, 0.6) is 0 Å². The summed E-state index contributed by atoms with van der Waals surface area (Å²) >= 11 is 0. The molecular weight excluding hydrogens is 368 g/mol. The van der Waals surface area contributed by atoms with E-state index in [2.05, 4.69) is 17.0 Å². The normalized spacial score (nSPS) is 17.6. The Kier molecular flexibility index (Phi) is 5.90. The fraction of sp³-hybridized carbons (Fsp3) is 0.565. The van der Waals surface area contributed by atoms with Crippen molar-refractivity contribution in [2.75, 3.05) is 32.8 Å². The summed E-state index contributed by atoms with van der Waals surface area (Å²) in [7, 11) is 0. The highest BCUT2D eigenvalue weighted by Crippen LogP contribution is 2.29. The van der Waals surface area contributed by atoms with Crippen LogP contribution in [0.25, 0.3) is 11.0 Å². The molecule has 0 atom stereocenters. The van der Waals surface area contributed by atoms with Crippen molar-refractivity contribution in [3.05, 3.63) is 45.3 Å². The zero-order valence-corrected chi connectivity index (χ0v) is 17.4. The van der Waals surface area contributed by atoms with E-state index in [1.807, 2.05) is 13.8 Å². The van der Waals surface area contributed by atoms with E-state index in [-0.39, 0.29) is 11.7 Å². The standard InChI is InChI=1S/C23H30N2O4/c1-16(2)15-28-23(27)25-8-4-7-24(9-10-25)14-19-13-22(26)29-21-12-18-6-3-5-17(18)11-20(19)21/h11-13,16H,3-10,14-15H2,1-2H3. The molecule has 29 heavy (non-hydrogen) atoms. The summed E-state index contributed by atoms with van der Waals surface area (Å²) in [6.07, 6.45) is 4.00. The van der Waals surface area contributed by atoms with Gasteiger partial charge in [-0.3, -0.25) is 4.90 Å². The van der Waals surface area contributed by atoms with E-state index in [9.17, 15) is 9.59 Å². The highest BCUT2D eigenvalue weighted by atomic mass is 16.6. The summed E-state index contributed by atoms with van der Waals surface area (Å²) in [6.45, 7) is 8.22. The molecule has 0 unspecified atom stereocenters. The summed E-state index contributed by atoms with van der Waals surface area (Å²) in [6, 6.07) is 5.89. The van der Waals surface area contributed by atoms with Gasteiger partial charge in [-0.15, -0.1) is 0 Å². The predicted molar refractivity (Wildman–Crippen MR) is 112 cm³/mol. The minimum atomic E-state index is -0.292. The Labute approximate surface area is 171 Å². The Morgan fingerprint density at radius 1 is 1.07 bits per heavy atom. The number of hydrogen-bond donors (Lipinski definition) is 0. The number of amides is 1. The number of carbonyl (C=O) groups is 1. The van der Waals surface area contributed by atoms with Crippen LogP contribution < -0.4 is 5.63 Å². The van der Waals surface area contributed by atoms with Crippen LogP contribution in [0, 0.1) is 5.92 Å². The molecule has 0 radical (unpaired) electrons. The van der Waals surface area contributed by atoms with Gasteiger partial charge in [-0.1, -0.05) is 13.8 Å². The van der Waals surface area contributed by atoms with Crippen LogP contribution in [-0.2, 0) is 24.1 Å². The molecule has 0 saturated carbocycles. The largest absolute Gasteiger partial charge is 0.449 e. The number of benzene rings is 1. The molecule has 1 saturated heterocycles. The van der Waals surface area contributed by atoms with Gasteiger partial charge >= 0.3 is 11.7 Å². The molecule has 6 heteroatoms. The first-order valence-electron chi connectivity index (χ1n) is 10.7. The molecule has 1 aliphatic carbocycles. The first-order valence-corrected chi connectivity index (χ1v) is 10.7. The van der Waals surface area contributed by atoms with Crippen molar-refractivity contribution in [1.29, 1.82) is 0 Å². The number of hydrogen-bond acceptors (Lipinski definition) is 5. The van der Waals surface area contributed by atoms with Gasteiger partial charge in [0.05, 0.1) is 6.61 Å². The SMILES string of the molecule is CC(C)COC(=O)N1CCCN(Cc2cc(=O)oc3cc4c(cc23)CCC4)CC1. The predicted octanol–water partition coefficient (Wildman–Crippen LogP) is 3.58. The van der Waals surface area contributed by atoms with Crippen LogP contribution in [0.3, 0.4) is 0 Å². The van der Waals surface area contributed by atoms with Crippen molar-refractivity contribution in [3.8, 4) is 0 Å². The second-order valence-electron chi connectivity index (χ2n) is 8.65. The molecule has 4 rings (SSSR count). The molecule has 1 aromatic carbocycles. The van der Waals surface area contributed by atoms with Crippen molar-refractivity contribution in [2.45, 2.75) is 46.1 Å². The first-order chi connectivity index (χ1) is 14.0. The second kappa shape index (κ2) is 8.57. The summed E-state index contributed by atoms with van der Waals surface area (Å²) in [4.78, 5) is 28.5. The summed E-state index contributed by atoms with van der Waals surface area (Å²) < 4.78 is 10.9. The highest BCUT2D eigenvalue weighted by molar-refractivity contribution is 5.82. The van der Waals surface area contributed by atoms with E-state index in [1.165, 1.54) is 17.5 Å². The molecule has 1 aromatic heterocycles. The Morgan fingerprint density at radius 3 is 2.66 bits per heavy atom. The number of aryl methyl sites for hydroxylation is 2. The third-order valence-electron chi connectivity index (χ3n) is 5.82. The number of carbonyl (C=O) groups excluding carboxylic acids is 1. The Hall–Kier alpha value is -2.34. The number of ether oxygens (including phenoxy) is 1. The Balaban J connectivity index is 1.47. The molecule has 0 bridgehead atoms. The van der Waals surface area contributed by atoms with Gasteiger partial charge in [-0.05, 0) is 60.4 Å². The molecule has 1 amide bonds. The van der Waals surface area contributed by atoms with E-state index < -0.39 is 0 Å². The summed E-state index contributed by atoms with van der Waals surface area (Å²) in [5.74, 6) is 0.335. The number of rotatable bonds is 4. The molecule has 2 heterocycles. The first kappa shape index (κ1) is 20.0. The highest BCUT2D eigenvalue weighted by Gasteiger charge is 2.22. The molecular formula is C23H30N2O4. The average molecular weight is 399 g/mol. The van der Waals surface area contributed by atoms with Gasteiger partial charge < -0.3 is 14.1 Å². The monoisotopic (exact) mass is 398 g/mol. The van der Waals surface area contributed by atoms with Crippen LogP contribution in [0.1, 0.15) is 43.4 Å². The van der Waals surface area contributed by atoms with E-state index in [1.54, 1.807) is 11.0 Å². The maximum Gasteiger partial charge on any atom is 0.409 e. The molecule has 1 aliphatic heterocycles. The lowest BCUT2D eigenvalue weighted by Crippen LogP contribution is -2.36. The van der Waals surface area contributed by atoms with Crippen LogP contribution >= 0.6 is 0 Å². The van der Waals surface area contributed by atoms with Gasteiger partial charge in [-0.25, -0.2) is 9.59 Å². The summed E-state index contributed by atoms with van der Waals surface area (Å²) in [5, 5.41) is 1.04. The lowest BCUT2D eigenvalue weighted by Gasteiger charge is -2.22. The van der Waals surface area contributed by atoms with Crippen LogP contribution in [0.2, 0.25) is 0 Å². The molecule has 1 fully saturated rings. The lowest BCUT2D eigenvalue weighted by atomic mass is 10.0. The minimum Gasteiger partial charge on any atom is -0.449 e. The van der Waals surface area contributed by atoms with E-state index >= 15 is 0 Å². The van der Waals surface area contributed by atoms with Crippen molar-refractivity contribution in [3.63, 3.8) is 0 Å². The zero-order chi connectivity index (χ0) is 20.4. The smallest absolute Gasteiger partial charge is 0.409 e. The van der Waals surface area contributed by atoms with Gasteiger partial charge in [0.25, 0.3) is 0 Å². The Morgan fingerprint density at radius 2 is 1.86 bits per heavy atom. The van der Waals surface area contributed by atoms with Gasteiger partial charge in [0.1, 0.15) is 5.58 Å². The number of fused-ring (bicyclic) bond motifs is 2. The number of nitrogens with zero attached hydrogens (tertiary/aromatic N) is 2. The van der Waals surface area contributed by atoms with Crippen molar-refractivity contribution >= 4 is 17.1 Å². The average Bonchev–Trinajstić information content (AvgIpc) is 3.01. The Bertz CT molecular complexity index is 950. The van der Waals surface area contributed by atoms with Crippen molar-refractivity contribution in [1.82, 2.24) is 9.80 Å². The van der Waals surface area contributed by atoms with Crippen molar-refractivity contribution < 1.29 is 13.9 Å². The summed E-state index contributed by atoms with van der Waals surface area (Å²) in [5.41, 5.74) is 4.11. The van der Waals surface area contributed by atoms with Crippen molar-refractivity contribution in [2.24, 2.45) is 5.92 Å². The van der Waals surface area contributed by atoms with Gasteiger partial charge in [0.15, 0.2) is 0 Å². The molecule has 0 spiro atoms.